The SMILES string of the molecule is COCCN(C)CCNC(=O)c1csc(Br)c1. The number of nitrogens with one attached hydrogen (secondary N) is 1. The molecule has 17 heavy (non-hydrogen) atoms. The summed E-state index contributed by atoms with van der Waals surface area (Å²) in [5, 5.41) is 4.73. The van der Waals surface area contributed by atoms with Crippen LogP contribution in [0.15, 0.2) is 15.2 Å². The van der Waals surface area contributed by atoms with E-state index in [4.69, 9.17) is 4.74 Å². The molecular weight excluding hydrogens is 304 g/mol. The second-order valence-electron chi connectivity index (χ2n) is 3.69. The van der Waals surface area contributed by atoms with Crippen molar-refractivity contribution in [1.29, 1.82) is 0 Å². The Balaban J connectivity index is 2.20. The van der Waals surface area contributed by atoms with Crippen LogP contribution in [0.1, 0.15) is 10.4 Å². The number of likely N-dealkylation sites (N-methyl/N-ethyl adjacent to an activating group) is 1. The molecule has 1 N–H and O–H groups in total. The van der Waals surface area contributed by atoms with Gasteiger partial charge in [0.15, 0.2) is 0 Å². The van der Waals surface area contributed by atoms with Crippen LogP contribution in [0.2, 0.25) is 0 Å². The maximum absolute atomic E-state index is 11.7. The van der Waals surface area contributed by atoms with Crippen molar-refractivity contribution in [3.05, 3.63) is 20.8 Å². The van der Waals surface area contributed by atoms with E-state index in [0.717, 1.165) is 16.9 Å². The zero-order chi connectivity index (χ0) is 12.7. The topological polar surface area (TPSA) is 41.6 Å². The molecule has 0 spiro atoms. The standard InChI is InChI=1S/C11H17BrN2O2S/c1-14(5-6-16-2)4-3-13-11(15)9-7-10(12)17-8-9/h7-8H,3-6H2,1-2H3,(H,13,15). The van der Waals surface area contributed by atoms with Crippen LogP contribution in [0.5, 0.6) is 0 Å². The lowest BCUT2D eigenvalue weighted by Gasteiger charge is -2.15. The zero-order valence-electron chi connectivity index (χ0n) is 10.0. The van der Waals surface area contributed by atoms with Gasteiger partial charge in [0, 0.05) is 32.1 Å². The summed E-state index contributed by atoms with van der Waals surface area (Å²) in [6.45, 7) is 3.05. The van der Waals surface area contributed by atoms with Gasteiger partial charge < -0.3 is 15.0 Å². The first-order chi connectivity index (χ1) is 8.13. The molecule has 1 rings (SSSR count). The van der Waals surface area contributed by atoms with Crippen molar-refractivity contribution in [2.75, 3.05) is 40.4 Å². The van der Waals surface area contributed by atoms with Crippen LogP contribution in [0.3, 0.4) is 0 Å². The van der Waals surface area contributed by atoms with Crippen molar-refractivity contribution in [2.24, 2.45) is 0 Å². The highest BCUT2D eigenvalue weighted by Crippen LogP contribution is 2.20. The fourth-order valence-electron chi connectivity index (χ4n) is 1.25. The number of nitrogens with zero attached hydrogens (tertiary/aromatic N) is 1. The van der Waals surface area contributed by atoms with Crippen LogP contribution in [-0.2, 0) is 4.74 Å². The third kappa shape index (κ3) is 5.63. The lowest BCUT2D eigenvalue weighted by atomic mass is 10.3. The Labute approximate surface area is 114 Å². The Morgan fingerprint density at radius 3 is 2.94 bits per heavy atom. The minimum Gasteiger partial charge on any atom is -0.383 e. The Hall–Kier alpha value is -0.430. The number of carbonyl (C=O) groups excluding carboxylic acids is 1. The van der Waals surface area contributed by atoms with Crippen LogP contribution in [0, 0.1) is 0 Å². The van der Waals surface area contributed by atoms with Crippen LogP contribution in [0.25, 0.3) is 0 Å². The predicted octanol–water partition coefficient (Wildman–Crippen LogP) is 1.82. The molecule has 0 fully saturated rings. The summed E-state index contributed by atoms with van der Waals surface area (Å²) in [4.78, 5) is 13.8. The minimum atomic E-state index is -0.0212. The highest BCUT2D eigenvalue weighted by Gasteiger charge is 2.07. The average Bonchev–Trinajstić information content (AvgIpc) is 2.73. The second-order valence-corrected chi connectivity index (χ2v) is 5.98. The smallest absolute Gasteiger partial charge is 0.252 e. The molecule has 0 aliphatic rings. The zero-order valence-corrected chi connectivity index (χ0v) is 12.4. The number of carbonyl (C=O) groups is 1. The number of rotatable bonds is 7. The Bertz CT molecular complexity index is 357. The van der Waals surface area contributed by atoms with Gasteiger partial charge in [0.1, 0.15) is 0 Å². The first-order valence-corrected chi connectivity index (χ1v) is 7.00. The number of ether oxygens (including phenoxy) is 1. The molecule has 1 amide bonds. The van der Waals surface area contributed by atoms with Gasteiger partial charge in [0.2, 0.25) is 0 Å². The quantitative estimate of drug-likeness (QED) is 0.833. The minimum absolute atomic E-state index is 0.0212. The third-order valence-electron chi connectivity index (χ3n) is 2.29. The van der Waals surface area contributed by atoms with Crippen molar-refractivity contribution in [1.82, 2.24) is 10.2 Å². The first kappa shape index (κ1) is 14.6. The number of hydrogen-bond acceptors (Lipinski definition) is 4. The van der Waals surface area contributed by atoms with Crippen LogP contribution in [0.4, 0.5) is 0 Å². The summed E-state index contributed by atoms with van der Waals surface area (Å²) in [6, 6.07) is 1.83. The number of thiophene rings is 1. The molecule has 0 atom stereocenters. The summed E-state index contributed by atoms with van der Waals surface area (Å²) >= 11 is 4.85. The van der Waals surface area contributed by atoms with Gasteiger partial charge in [-0.05, 0) is 29.0 Å². The molecule has 0 unspecified atom stereocenters. The third-order valence-corrected chi connectivity index (χ3v) is 3.79. The van der Waals surface area contributed by atoms with Crippen molar-refractivity contribution in [2.45, 2.75) is 0 Å². The number of amides is 1. The van der Waals surface area contributed by atoms with E-state index in [1.807, 2.05) is 18.5 Å². The Morgan fingerprint density at radius 1 is 1.59 bits per heavy atom. The summed E-state index contributed by atoms with van der Waals surface area (Å²) in [5.41, 5.74) is 0.710. The molecule has 0 aromatic carbocycles. The van der Waals surface area contributed by atoms with Gasteiger partial charge in [-0.2, -0.15) is 0 Å². The summed E-state index contributed by atoms with van der Waals surface area (Å²) < 4.78 is 5.95. The maximum Gasteiger partial charge on any atom is 0.252 e. The molecule has 96 valence electrons. The number of halogens is 1. The van der Waals surface area contributed by atoms with Gasteiger partial charge in [0.25, 0.3) is 5.91 Å². The molecule has 0 saturated heterocycles. The molecule has 1 heterocycles. The lowest BCUT2D eigenvalue weighted by Crippen LogP contribution is -2.34. The molecule has 0 saturated carbocycles. The molecule has 1 aromatic heterocycles. The van der Waals surface area contributed by atoms with Gasteiger partial charge in [0.05, 0.1) is 16.0 Å². The number of methoxy groups -OCH3 is 1. The van der Waals surface area contributed by atoms with Crippen LogP contribution < -0.4 is 5.32 Å². The monoisotopic (exact) mass is 320 g/mol. The summed E-state index contributed by atoms with van der Waals surface area (Å²) in [5.74, 6) is -0.0212. The normalized spacial score (nSPS) is 10.8. The van der Waals surface area contributed by atoms with Gasteiger partial charge >= 0.3 is 0 Å². The lowest BCUT2D eigenvalue weighted by molar-refractivity contribution is 0.0948. The Kier molecular flexibility index (Phi) is 6.72. The fraction of sp³-hybridized carbons (Fsp3) is 0.545. The van der Waals surface area contributed by atoms with Crippen LogP contribution in [-0.4, -0.2) is 51.2 Å². The summed E-state index contributed by atoms with van der Waals surface area (Å²) in [6.07, 6.45) is 0. The molecule has 0 aliphatic heterocycles. The van der Waals surface area contributed by atoms with Crippen LogP contribution >= 0.6 is 27.3 Å². The van der Waals surface area contributed by atoms with E-state index in [9.17, 15) is 4.79 Å². The average molecular weight is 321 g/mol. The maximum atomic E-state index is 11.7. The largest absolute Gasteiger partial charge is 0.383 e. The van der Waals surface area contributed by atoms with E-state index < -0.39 is 0 Å². The fourth-order valence-corrected chi connectivity index (χ4v) is 2.39. The van der Waals surface area contributed by atoms with E-state index in [1.54, 1.807) is 7.11 Å². The molecule has 6 heteroatoms. The van der Waals surface area contributed by atoms with Crippen molar-refractivity contribution < 1.29 is 9.53 Å². The molecule has 4 nitrogen and oxygen atoms in total. The molecule has 0 aliphatic carbocycles. The van der Waals surface area contributed by atoms with Gasteiger partial charge in [-0.15, -0.1) is 11.3 Å². The van der Waals surface area contributed by atoms with Crippen molar-refractivity contribution in [3.63, 3.8) is 0 Å². The van der Waals surface area contributed by atoms with E-state index in [-0.39, 0.29) is 5.91 Å². The van der Waals surface area contributed by atoms with Gasteiger partial charge in [-0.1, -0.05) is 0 Å². The van der Waals surface area contributed by atoms with E-state index in [1.165, 1.54) is 11.3 Å². The van der Waals surface area contributed by atoms with Gasteiger partial charge in [-0.3, -0.25) is 4.79 Å². The summed E-state index contributed by atoms with van der Waals surface area (Å²) in [7, 11) is 3.69. The molecule has 1 aromatic rings. The van der Waals surface area contributed by atoms with Gasteiger partial charge in [-0.25, -0.2) is 0 Å². The Morgan fingerprint density at radius 2 is 2.35 bits per heavy atom. The molecule has 0 bridgehead atoms. The van der Waals surface area contributed by atoms with E-state index in [2.05, 4.69) is 26.1 Å². The van der Waals surface area contributed by atoms with Crippen molar-refractivity contribution in [3.8, 4) is 0 Å². The first-order valence-electron chi connectivity index (χ1n) is 5.33. The van der Waals surface area contributed by atoms with E-state index >= 15 is 0 Å². The molecular formula is C11H17BrN2O2S. The van der Waals surface area contributed by atoms with Crippen molar-refractivity contribution >= 4 is 33.2 Å². The molecule has 0 radical (unpaired) electrons. The second kappa shape index (κ2) is 7.81. The number of hydrogen-bond donors (Lipinski definition) is 1. The van der Waals surface area contributed by atoms with E-state index in [0.29, 0.717) is 18.7 Å². The highest BCUT2D eigenvalue weighted by molar-refractivity contribution is 9.11. The predicted molar refractivity (Wildman–Crippen MR) is 73.7 cm³/mol. The highest BCUT2D eigenvalue weighted by atomic mass is 79.9.